The van der Waals surface area contributed by atoms with Crippen molar-refractivity contribution in [3.63, 3.8) is 0 Å². The maximum atomic E-state index is 5.74. The van der Waals surface area contributed by atoms with Crippen LogP contribution in [-0.2, 0) is 12.8 Å². The second-order valence-corrected chi connectivity index (χ2v) is 6.58. The minimum atomic E-state index is 0.865. The Morgan fingerprint density at radius 2 is 2.00 bits per heavy atom. The van der Waals surface area contributed by atoms with E-state index in [2.05, 4.69) is 43.3 Å². The first kappa shape index (κ1) is 12.9. The van der Waals surface area contributed by atoms with Crippen LogP contribution in [0.15, 0.2) is 36.4 Å². The molecule has 0 saturated heterocycles. The van der Waals surface area contributed by atoms with Crippen LogP contribution in [-0.4, -0.2) is 6.61 Å². The molecule has 2 aromatic carbocycles. The van der Waals surface area contributed by atoms with E-state index >= 15 is 0 Å². The molecule has 0 radical (unpaired) electrons. The molecule has 0 spiro atoms. The molecule has 0 aromatic heterocycles. The first-order valence-corrected chi connectivity index (χ1v) is 8.15. The number of hydrogen-bond donors (Lipinski definition) is 0. The van der Waals surface area contributed by atoms with Gasteiger partial charge in [0.05, 0.1) is 6.61 Å². The molecule has 0 unspecified atom stereocenters. The lowest BCUT2D eigenvalue weighted by molar-refractivity contribution is 0.288. The molecule has 1 aliphatic heterocycles. The summed E-state index contributed by atoms with van der Waals surface area (Å²) in [5.74, 6) is 2.01. The predicted octanol–water partition coefficient (Wildman–Crippen LogP) is 4.94. The minimum absolute atomic E-state index is 0.865. The molecule has 1 heterocycles. The fourth-order valence-corrected chi connectivity index (χ4v) is 3.30. The van der Waals surface area contributed by atoms with Crippen LogP contribution in [0.25, 0.3) is 11.1 Å². The van der Waals surface area contributed by atoms with Crippen LogP contribution in [0.2, 0.25) is 0 Å². The first-order chi connectivity index (χ1) is 10.3. The van der Waals surface area contributed by atoms with Crippen molar-refractivity contribution in [2.24, 2.45) is 5.92 Å². The molecule has 0 atom stereocenters. The molecule has 2 aromatic rings. The van der Waals surface area contributed by atoms with Gasteiger partial charge < -0.3 is 4.74 Å². The van der Waals surface area contributed by atoms with Gasteiger partial charge in [0, 0.05) is 0 Å². The van der Waals surface area contributed by atoms with Gasteiger partial charge in [-0.25, -0.2) is 0 Å². The largest absolute Gasteiger partial charge is 0.493 e. The second-order valence-electron chi connectivity index (χ2n) is 6.58. The number of ether oxygens (including phenoxy) is 1. The first-order valence-electron chi connectivity index (χ1n) is 8.15. The Balaban J connectivity index is 1.75. The van der Waals surface area contributed by atoms with Crippen LogP contribution in [0.4, 0.5) is 0 Å². The highest BCUT2D eigenvalue weighted by molar-refractivity contribution is 5.70. The molecule has 21 heavy (non-hydrogen) atoms. The Morgan fingerprint density at radius 1 is 1.10 bits per heavy atom. The average molecular weight is 278 g/mol. The SMILES string of the molecule is Cc1ccc(CC2CC2)c(-c2ccc3c(c2)CCCO3)c1. The van der Waals surface area contributed by atoms with Crippen LogP contribution in [0.5, 0.6) is 5.75 Å². The van der Waals surface area contributed by atoms with Crippen LogP contribution in [0.1, 0.15) is 36.0 Å². The molecule has 0 bridgehead atoms. The Hall–Kier alpha value is -1.76. The van der Waals surface area contributed by atoms with Gasteiger partial charge in [0.15, 0.2) is 0 Å². The van der Waals surface area contributed by atoms with E-state index in [1.165, 1.54) is 47.1 Å². The third-order valence-corrected chi connectivity index (χ3v) is 4.69. The Labute approximate surface area is 127 Å². The van der Waals surface area contributed by atoms with Gasteiger partial charge in [-0.05, 0) is 79.3 Å². The summed E-state index contributed by atoms with van der Waals surface area (Å²) in [5, 5.41) is 0. The monoisotopic (exact) mass is 278 g/mol. The van der Waals surface area contributed by atoms with E-state index in [-0.39, 0.29) is 0 Å². The van der Waals surface area contributed by atoms with Crippen molar-refractivity contribution >= 4 is 0 Å². The molecule has 0 amide bonds. The van der Waals surface area contributed by atoms with Gasteiger partial charge in [-0.2, -0.15) is 0 Å². The van der Waals surface area contributed by atoms with Gasteiger partial charge in [-0.1, -0.05) is 29.8 Å². The van der Waals surface area contributed by atoms with E-state index < -0.39 is 0 Å². The summed E-state index contributed by atoms with van der Waals surface area (Å²) < 4.78 is 5.74. The second kappa shape index (κ2) is 5.22. The van der Waals surface area contributed by atoms with Crippen molar-refractivity contribution in [3.05, 3.63) is 53.1 Å². The minimum Gasteiger partial charge on any atom is -0.493 e. The normalized spacial score (nSPS) is 17.2. The highest BCUT2D eigenvalue weighted by atomic mass is 16.5. The summed E-state index contributed by atoms with van der Waals surface area (Å²) in [5.41, 5.74) is 7.02. The van der Waals surface area contributed by atoms with Crippen molar-refractivity contribution in [2.75, 3.05) is 6.61 Å². The fourth-order valence-electron chi connectivity index (χ4n) is 3.30. The maximum absolute atomic E-state index is 5.74. The quantitative estimate of drug-likeness (QED) is 0.772. The van der Waals surface area contributed by atoms with Gasteiger partial charge in [0.2, 0.25) is 0 Å². The Morgan fingerprint density at radius 3 is 2.86 bits per heavy atom. The summed E-state index contributed by atoms with van der Waals surface area (Å²) in [6.45, 7) is 3.05. The van der Waals surface area contributed by atoms with Crippen molar-refractivity contribution in [3.8, 4) is 16.9 Å². The smallest absolute Gasteiger partial charge is 0.122 e. The molecule has 1 fully saturated rings. The van der Waals surface area contributed by atoms with Crippen molar-refractivity contribution in [1.29, 1.82) is 0 Å². The van der Waals surface area contributed by atoms with Crippen LogP contribution in [0, 0.1) is 12.8 Å². The van der Waals surface area contributed by atoms with E-state index in [9.17, 15) is 0 Å². The number of rotatable bonds is 3. The van der Waals surface area contributed by atoms with Crippen LogP contribution in [0.3, 0.4) is 0 Å². The number of aryl methyl sites for hydroxylation is 2. The third-order valence-electron chi connectivity index (χ3n) is 4.69. The topological polar surface area (TPSA) is 9.23 Å². The van der Waals surface area contributed by atoms with Gasteiger partial charge >= 0.3 is 0 Å². The molecule has 1 nitrogen and oxygen atoms in total. The predicted molar refractivity (Wildman–Crippen MR) is 86.9 cm³/mol. The molecular formula is C20H22O. The van der Waals surface area contributed by atoms with Crippen molar-refractivity contribution in [2.45, 2.75) is 39.0 Å². The molecule has 0 N–H and O–H groups in total. The summed E-state index contributed by atoms with van der Waals surface area (Å²) in [4.78, 5) is 0. The Kier molecular flexibility index (Phi) is 3.21. The van der Waals surface area contributed by atoms with Crippen LogP contribution < -0.4 is 4.74 Å². The molecule has 1 heteroatoms. The summed E-state index contributed by atoms with van der Waals surface area (Å²) in [6.07, 6.45) is 6.34. The molecule has 4 rings (SSSR count). The summed E-state index contributed by atoms with van der Waals surface area (Å²) in [6, 6.07) is 13.7. The van der Waals surface area contributed by atoms with Gasteiger partial charge in [-0.3, -0.25) is 0 Å². The summed E-state index contributed by atoms with van der Waals surface area (Å²) in [7, 11) is 0. The maximum Gasteiger partial charge on any atom is 0.122 e. The zero-order valence-corrected chi connectivity index (χ0v) is 12.7. The number of fused-ring (bicyclic) bond motifs is 1. The average Bonchev–Trinajstić information content (AvgIpc) is 3.33. The standard InChI is InChI=1S/C20H22O/c1-14-4-7-16(12-15-5-6-15)19(11-14)17-8-9-20-18(13-17)3-2-10-21-20/h4,7-9,11,13,15H,2-3,5-6,10,12H2,1H3. The van der Waals surface area contributed by atoms with Gasteiger partial charge in [-0.15, -0.1) is 0 Å². The van der Waals surface area contributed by atoms with E-state index in [1.807, 2.05) is 0 Å². The number of hydrogen-bond acceptors (Lipinski definition) is 1. The molecule has 2 aliphatic rings. The third kappa shape index (κ3) is 2.70. The molecular weight excluding hydrogens is 256 g/mol. The van der Waals surface area contributed by atoms with Crippen molar-refractivity contribution < 1.29 is 4.74 Å². The molecule has 1 aliphatic carbocycles. The highest BCUT2D eigenvalue weighted by Crippen LogP contribution is 2.37. The van der Waals surface area contributed by atoms with E-state index in [0.717, 1.165) is 31.1 Å². The van der Waals surface area contributed by atoms with E-state index in [0.29, 0.717) is 0 Å². The van der Waals surface area contributed by atoms with Gasteiger partial charge in [0.25, 0.3) is 0 Å². The van der Waals surface area contributed by atoms with Crippen LogP contribution >= 0.6 is 0 Å². The van der Waals surface area contributed by atoms with Crippen molar-refractivity contribution in [1.82, 2.24) is 0 Å². The number of benzene rings is 2. The van der Waals surface area contributed by atoms with E-state index in [4.69, 9.17) is 4.74 Å². The Bertz CT molecular complexity index is 668. The fraction of sp³-hybridized carbons (Fsp3) is 0.400. The zero-order valence-electron chi connectivity index (χ0n) is 12.7. The highest BCUT2D eigenvalue weighted by Gasteiger charge is 2.23. The molecule has 108 valence electrons. The molecule has 1 saturated carbocycles. The lowest BCUT2D eigenvalue weighted by Crippen LogP contribution is -2.08. The zero-order chi connectivity index (χ0) is 14.2. The van der Waals surface area contributed by atoms with Gasteiger partial charge in [0.1, 0.15) is 5.75 Å². The summed E-state index contributed by atoms with van der Waals surface area (Å²) >= 11 is 0. The lowest BCUT2D eigenvalue weighted by Gasteiger charge is -2.19. The lowest BCUT2D eigenvalue weighted by atomic mass is 9.92. The van der Waals surface area contributed by atoms with E-state index in [1.54, 1.807) is 0 Å².